The molecule has 1 saturated heterocycles. The number of hydrogen-bond acceptors (Lipinski definition) is 6. The molecule has 1 aromatic carbocycles. The quantitative estimate of drug-likeness (QED) is 0.821. The van der Waals surface area contributed by atoms with Crippen molar-refractivity contribution in [1.29, 1.82) is 0 Å². The van der Waals surface area contributed by atoms with Gasteiger partial charge in [-0.05, 0) is 26.3 Å². The first-order valence-corrected chi connectivity index (χ1v) is 8.75. The zero-order valence-electron chi connectivity index (χ0n) is 15.7. The number of aliphatic hydroxyl groups excluding tert-OH is 1. The van der Waals surface area contributed by atoms with Crippen molar-refractivity contribution in [2.45, 2.75) is 44.7 Å². The first-order valence-electron chi connectivity index (χ1n) is 8.75. The van der Waals surface area contributed by atoms with E-state index in [1.807, 2.05) is 30.3 Å². The molecule has 0 bridgehead atoms. The van der Waals surface area contributed by atoms with Gasteiger partial charge in [0, 0.05) is 0 Å². The topological polar surface area (TPSA) is 88.5 Å². The fourth-order valence-corrected chi connectivity index (χ4v) is 2.58. The molecule has 1 aromatic rings. The number of β-amino-alcohol motifs (C(OH)–C–C–N with tert-alkyl or cyclic N) is 1. The lowest BCUT2D eigenvalue weighted by molar-refractivity contribution is -0.0939. The summed E-state index contributed by atoms with van der Waals surface area (Å²) >= 11 is 0. The zero-order chi connectivity index (χ0) is 19.2. The van der Waals surface area contributed by atoms with Crippen molar-refractivity contribution in [2.24, 2.45) is 0 Å². The maximum absolute atomic E-state index is 12.4. The van der Waals surface area contributed by atoms with Crippen LogP contribution >= 0.6 is 0 Å². The Bertz CT molecular complexity index is 573. The molecule has 0 saturated carbocycles. The van der Waals surface area contributed by atoms with E-state index in [1.165, 1.54) is 4.90 Å². The molecule has 0 aromatic heterocycles. The van der Waals surface area contributed by atoms with Gasteiger partial charge in [0.2, 0.25) is 0 Å². The molecule has 1 amide bonds. The third-order valence-corrected chi connectivity index (χ3v) is 3.86. The molecule has 1 heterocycles. The first kappa shape index (κ1) is 20.6. The van der Waals surface area contributed by atoms with Gasteiger partial charge in [-0.15, -0.1) is 0 Å². The van der Waals surface area contributed by atoms with E-state index >= 15 is 0 Å². The molecule has 0 unspecified atom stereocenters. The molecule has 2 N–H and O–H groups in total. The predicted molar refractivity (Wildman–Crippen MR) is 95.7 cm³/mol. The van der Waals surface area contributed by atoms with Gasteiger partial charge in [0.25, 0.3) is 0 Å². The van der Waals surface area contributed by atoms with Gasteiger partial charge in [-0.25, -0.2) is 4.79 Å². The van der Waals surface area contributed by atoms with Crippen LogP contribution in [0.15, 0.2) is 30.3 Å². The summed E-state index contributed by atoms with van der Waals surface area (Å²) in [6.07, 6.45) is -0.977. The fourth-order valence-electron chi connectivity index (χ4n) is 2.58. The SMILES string of the molecule is CC(C)(C)OC(=O)N1C[C@@H](COCc2ccccc2)OC[C@@](O)(CO)C1. The fraction of sp³-hybridized carbons (Fsp3) is 0.632. The lowest BCUT2D eigenvalue weighted by atomic mass is 10.1. The Morgan fingerprint density at radius 2 is 2.04 bits per heavy atom. The normalized spacial score (nSPS) is 24.2. The summed E-state index contributed by atoms with van der Waals surface area (Å²) in [4.78, 5) is 13.8. The molecule has 2 rings (SSSR count). The second kappa shape index (κ2) is 8.81. The van der Waals surface area contributed by atoms with Crippen LogP contribution in [0.3, 0.4) is 0 Å². The van der Waals surface area contributed by atoms with E-state index in [0.29, 0.717) is 6.61 Å². The Hall–Kier alpha value is -1.67. The molecule has 7 nitrogen and oxygen atoms in total. The average Bonchev–Trinajstić information content (AvgIpc) is 2.75. The van der Waals surface area contributed by atoms with E-state index in [0.717, 1.165) is 5.56 Å². The van der Waals surface area contributed by atoms with Gasteiger partial charge in [-0.1, -0.05) is 30.3 Å². The molecule has 0 aliphatic carbocycles. The zero-order valence-corrected chi connectivity index (χ0v) is 15.7. The second-order valence-corrected chi connectivity index (χ2v) is 7.68. The predicted octanol–water partition coefficient (Wildman–Crippen LogP) is 1.56. The lowest BCUT2D eigenvalue weighted by Crippen LogP contribution is -2.50. The van der Waals surface area contributed by atoms with Gasteiger partial charge in [0.05, 0.1) is 45.6 Å². The van der Waals surface area contributed by atoms with Crippen molar-refractivity contribution in [3.05, 3.63) is 35.9 Å². The van der Waals surface area contributed by atoms with E-state index in [4.69, 9.17) is 14.2 Å². The molecular weight excluding hydrogens is 338 g/mol. The molecule has 1 aliphatic heterocycles. The van der Waals surface area contributed by atoms with Crippen molar-refractivity contribution in [2.75, 3.05) is 32.9 Å². The van der Waals surface area contributed by atoms with Crippen LogP contribution in [0, 0.1) is 0 Å². The molecule has 2 atom stereocenters. The van der Waals surface area contributed by atoms with Crippen LogP contribution in [0.5, 0.6) is 0 Å². The minimum Gasteiger partial charge on any atom is -0.444 e. The highest BCUT2D eigenvalue weighted by atomic mass is 16.6. The van der Waals surface area contributed by atoms with Crippen LogP contribution in [-0.4, -0.2) is 71.4 Å². The monoisotopic (exact) mass is 367 g/mol. The highest BCUT2D eigenvalue weighted by Gasteiger charge is 2.38. The smallest absolute Gasteiger partial charge is 0.410 e. The Labute approximate surface area is 154 Å². The summed E-state index contributed by atoms with van der Waals surface area (Å²) in [5.74, 6) is 0. The van der Waals surface area contributed by atoms with Gasteiger partial charge in [-0.3, -0.25) is 0 Å². The van der Waals surface area contributed by atoms with Crippen LogP contribution < -0.4 is 0 Å². The summed E-state index contributed by atoms with van der Waals surface area (Å²) in [6.45, 7) is 5.58. The number of nitrogens with zero attached hydrogens (tertiary/aromatic N) is 1. The molecule has 0 spiro atoms. The molecule has 1 aliphatic rings. The summed E-state index contributed by atoms with van der Waals surface area (Å²) in [5.41, 5.74) is -1.14. The van der Waals surface area contributed by atoms with Gasteiger partial charge in [-0.2, -0.15) is 0 Å². The van der Waals surface area contributed by atoms with Gasteiger partial charge < -0.3 is 29.3 Å². The largest absolute Gasteiger partial charge is 0.444 e. The van der Waals surface area contributed by atoms with E-state index in [1.54, 1.807) is 20.8 Å². The van der Waals surface area contributed by atoms with E-state index < -0.39 is 30.0 Å². The van der Waals surface area contributed by atoms with Gasteiger partial charge in [0.15, 0.2) is 0 Å². The number of carbonyl (C=O) groups is 1. The average molecular weight is 367 g/mol. The Kier molecular flexibility index (Phi) is 7.00. The molecular formula is C19H29NO6. The number of aliphatic hydroxyl groups is 2. The van der Waals surface area contributed by atoms with Crippen molar-refractivity contribution in [3.8, 4) is 0 Å². The first-order chi connectivity index (χ1) is 12.2. The van der Waals surface area contributed by atoms with Crippen molar-refractivity contribution in [3.63, 3.8) is 0 Å². The number of rotatable bonds is 5. The van der Waals surface area contributed by atoms with Crippen LogP contribution in [0.4, 0.5) is 4.79 Å². The number of ether oxygens (including phenoxy) is 3. The second-order valence-electron chi connectivity index (χ2n) is 7.68. The van der Waals surface area contributed by atoms with Crippen molar-refractivity contribution < 1.29 is 29.2 Å². The summed E-state index contributed by atoms with van der Waals surface area (Å²) in [6, 6.07) is 9.74. The lowest BCUT2D eigenvalue weighted by Gasteiger charge is -2.31. The summed E-state index contributed by atoms with van der Waals surface area (Å²) in [7, 11) is 0. The van der Waals surface area contributed by atoms with Gasteiger partial charge >= 0.3 is 6.09 Å². The number of benzene rings is 1. The standard InChI is InChI=1S/C19H29NO6/c1-18(2,3)26-17(22)20-9-16(25-14-19(23,12-20)13-21)11-24-10-15-7-5-4-6-8-15/h4-8,16,21,23H,9-14H2,1-3H3/t16-,19-/m0/s1. The summed E-state index contributed by atoms with van der Waals surface area (Å²) in [5, 5.41) is 19.9. The molecule has 26 heavy (non-hydrogen) atoms. The van der Waals surface area contributed by atoms with E-state index in [2.05, 4.69) is 0 Å². The van der Waals surface area contributed by atoms with Crippen LogP contribution in [-0.2, 0) is 20.8 Å². The maximum atomic E-state index is 12.4. The van der Waals surface area contributed by atoms with Gasteiger partial charge in [0.1, 0.15) is 11.2 Å². The minimum absolute atomic E-state index is 0.0619. The Morgan fingerprint density at radius 3 is 2.65 bits per heavy atom. The van der Waals surface area contributed by atoms with E-state index in [9.17, 15) is 15.0 Å². The Morgan fingerprint density at radius 1 is 1.35 bits per heavy atom. The molecule has 7 heteroatoms. The Balaban J connectivity index is 1.97. The molecule has 146 valence electrons. The van der Waals surface area contributed by atoms with Crippen LogP contribution in [0.25, 0.3) is 0 Å². The number of hydrogen-bond donors (Lipinski definition) is 2. The van der Waals surface area contributed by atoms with Crippen molar-refractivity contribution >= 4 is 6.09 Å². The highest BCUT2D eigenvalue weighted by molar-refractivity contribution is 5.68. The number of carbonyl (C=O) groups excluding carboxylic acids is 1. The molecule has 1 fully saturated rings. The highest BCUT2D eigenvalue weighted by Crippen LogP contribution is 2.19. The number of amides is 1. The minimum atomic E-state index is -1.52. The third kappa shape index (κ3) is 6.57. The van der Waals surface area contributed by atoms with E-state index in [-0.39, 0.29) is 26.3 Å². The molecule has 0 radical (unpaired) electrons. The van der Waals surface area contributed by atoms with Crippen LogP contribution in [0.1, 0.15) is 26.3 Å². The van der Waals surface area contributed by atoms with Crippen molar-refractivity contribution in [1.82, 2.24) is 4.90 Å². The maximum Gasteiger partial charge on any atom is 0.410 e. The van der Waals surface area contributed by atoms with Crippen LogP contribution in [0.2, 0.25) is 0 Å². The third-order valence-electron chi connectivity index (χ3n) is 3.86. The summed E-state index contributed by atoms with van der Waals surface area (Å²) < 4.78 is 16.8.